The highest BCUT2D eigenvalue weighted by Crippen LogP contribution is 2.34. The number of ether oxygens (including phenoxy) is 2. The van der Waals surface area contributed by atoms with E-state index in [0.29, 0.717) is 17.2 Å². The van der Waals surface area contributed by atoms with Crippen molar-refractivity contribution in [1.82, 2.24) is 16.2 Å². The average molecular weight is 310 g/mol. The summed E-state index contributed by atoms with van der Waals surface area (Å²) >= 11 is 1.28. The van der Waals surface area contributed by atoms with E-state index in [2.05, 4.69) is 21.5 Å². The summed E-state index contributed by atoms with van der Waals surface area (Å²) < 4.78 is 10.4. The maximum absolute atomic E-state index is 11.9. The Morgan fingerprint density at radius 2 is 2.24 bits per heavy atom. The Balaban J connectivity index is 1.49. The first-order valence-electron chi connectivity index (χ1n) is 6.29. The van der Waals surface area contributed by atoms with Gasteiger partial charge in [-0.2, -0.15) is 0 Å². The van der Waals surface area contributed by atoms with E-state index >= 15 is 0 Å². The van der Waals surface area contributed by atoms with Crippen LogP contribution >= 0.6 is 11.8 Å². The van der Waals surface area contributed by atoms with Gasteiger partial charge in [-0.1, -0.05) is 0 Å². The fourth-order valence-corrected chi connectivity index (χ4v) is 2.64. The second-order valence-electron chi connectivity index (χ2n) is 4.37. The van der Waals surface area contributed by atoms with Crippen LogP contribution in [0.4, 0.5) is 5.69 Å². The van der Waals surface area contributed by atoms with Crippen molar-refractivity contribution >= 4 is 29.3 Å². The molecule has 9 heteroatoms. The van der Waals surface area contributed by atoms with E-state index in [0.717, 1.165) is 0 Å². The van der Waals surface area contributed by atoms with Crippen molar-refractivity contribution in [3.05, 3.63) is 18.2 Å². The third-order valence-electron chi connectivity index (χ3n) is 2.81. The predicted octanol–water partition coefficient (Wildman–Crippen LogP) is -0.405. The molecule has 2 heterocycles. The van der Waals surface area contributed by atoms with E-state index in [9.17, 15) is 9.59 Å². The molecule has 0 saturated carbocycles. The molecule has 0 aliphatic carbocycles. The molecule has 1 atom stereocenters. The van der Waals surface area contributed by atoms with Gasteiger partial charge in [-0.15, -0.1) is 11.8 Å². The third-order valence-corrected chi connectivity index (χ3v) is 3.81. The number of carbonyl (C=O) groups excluding carboxylic acids is 2. The highest BCUT2D eigenvalue weighted by atomic mass is 32.2. The lowest BCUT2D eigenvalue weighted by Gasteiger charge is -2.24. The van der Waals surface area contributed by atoms with Crippen LogP contribution < -0.4 is 31.0 Å². The Labute approximate surface area is 124 Å². The van der Waals surface area contributed by atoms with Gasteiger partial charge < -0.3 is 20.1 Å². The molecule has 2 aliphatic heterocycles. The molecule has 0 spiro atoms. The third kappa shape index (κ3) is 3.57. The quantitative estimate of drug-likeness (QED) is 0.600. The first-order chi connectivity index (χ1) is 10.2. The van der Waals surface area contributed by atoms with Crippen LogP contribution in [0.15, 0.2) is 18.2 Å². The molecular formula is C12H14N4O4S. The zero-order valence-corrected chi connectivity index (χ0v) is 11.8. The number of hydrogen-bond acceptors (Lipinski definition) is 7. The average Bonchev–Trinajstić information content (AvgIpc) is 2.93. The maximum Gasteiger partial charge on any atom is 0.237 e. The zero-order chi connectivity index (χ0) is 14.7. The number of rotatable bonds is 4. The number of thioether (sulfide) groups is 1. The van der Waals surface area contributed by atoms with Crippen molar-refractivity contribution in [1.29, 1.82) is 0 Å². The van der Waals surface area contributed by atoms with Crippen LogP contribution in [0.3, 0.4) is 0 Å². The van der Waals surface area contributed by atoms with Gasteiger partial charge >= 0.3 is 0 Å². The summed E-state index contributed by atoms with van der Waals surface area (Å²) in [6, 6.07) is 5.21. The molecule has 21 heavy (non-hydrogen) atoms. The molecule has 1 aromatic rings. The predicted molar refractivity (Wildman–Crippen MR) is 76.7 cm³/mol. The van der Waals surface area contributed by atoms with Crippen LogP contribution in [-0.4, -0.2) is 36.4 Å². The monoisotopic (exact) mass is 310 g/mol. The van der Waals surface area contributed by atoms with Crippen molar-refractivity contribution in [2.24, 2.45) is 0 Å². The number of anilines is 1. The van der Waals surface area contributed by atoms with Crippen LogP contribution in [0.5, 0.6) is 11.5 Å². The molecule has 4 N–H and O–H groups in total. The fraction of sp³-hybridized carbons (Fsp3) is 0.333. The molecule has 0 aromatic heterocycles. The van der Waals surface area contributed by atoms with Gasteiger partial charge in [0, 0.05) is 11.8 Å². The van der Waals surface area contributed by atoms with Gasteiger partial charge in [-0.25, -0.2) is 10.9 Å². The zero-order valence-electron chi connectivity index (χ0n) is 11.0. The number of benzene rings is 1. The van der Waals surface area contributed by atoms with Crippen molar-refractivity contribution in [2.75, 3.05) is 24.4 Å². The number of fused-ring (bicyclic) bond motifs is 1. The number of amides is 2. The molecule has 1 unspecified atom stereocenters. The van der Waals surface area contributed by atoms with Gasteiger partial charge in [0.2, 0.25) is 18.6 Å². The van der Waals surface area contributed by atoms with E-state index in [1.54, 1.807) is 18.2 Å². The Hall–Kier alpha value is -1.97. The van der Waals surface area contributed by atoms with Gasteiger partial charge in [0.15, 0.2) is 11.5 Å². The van der Waals surface area contributed by atoms with E-state index in [1.807, 2.05) is 0 Å². The molecule has 0 bridgehead atoms. The summed E-state index contributed by atoms with van der Waals surface area (Å²) in [5.74, 6) is 1.21. The summed E-state index contributed by atoms with van der Waals surface area (Å²) in [5, 5.41) is 5.47. The van der Waals surface area contributed by atoms with Gasteiger partial charge in [-0.3, -0.25) is 9.59 Å². The van der Waals surface area contributed by atoms with Crippen LogP contribution in [0.1, 0.15) is 0 Å². The maximum atomic E-state index is 11.9. The summed E-state index contributed by atoms with van der Waals surface area (Å²) in [6.07, 6.45) is 0. The number of carbonyl (C=O) groups is 2. The molecule has 2 amide bonds. The number of nitrogens with one attached hydrogen (secondary N) is 4. The van der Waals surface area contributed by atoms with Crippen molar-refractivity contribution in [3.63, 3.8) is 0 Å². The lowest BCUT2D eigenvalue weighted by atomic mass is 10.3. The van der Waals surface area contributed by atoms with Gasteiger partial charge in [0.1, 0.15) is 5.50 Å². The lowest BCUT2D eigenvalue weighted by molar-refractivity contribution is -0.122. The second-order valence-corrected chi connectivity index (χ2v) is 5.47. The van der Waals surface area contributed by atoms with E-state index in [-0.39, 0.29) is 36.4 Å². The second kappa shape index (κ2) is 6.20. The standard InChI is InChI=1S/C12H14N4O4S/c17-10-4-13-16-12(15-10)21-5-11(18)14-7-1-2-8-9(3-7)20-6-19-8/h1-3,12-13,16H,4-6H2,(H,14,18)(H,15,17). The molecule has 1 aromatic carbocycles. The van der Waals surface area contributed by atoms with E-state index < -0.39 is 0 Å². The van der Waals surface area contributed by atoms with Crippen LogP contribution in [-0.2, 0) is 9.59 Å². The topological polar surface area (TPSA) is 101 Å². The van der Waals surface area contributed by atoms with E-state index in [4.69, 9.17) is 9.47 Å². The molecule has 1 fully saturated rings. The van der Waals surface area contributed by atoms with Gasteiger partial charge in [0.05, 0.1) is 12.3 Å². The normalized spacial score (nSPS) is 20.0. The first-order valence-corrected chi connectivity index (χ1v) is 7.34. The summed E-state index contributed by atoms with van der Waals surface area (Å²) in [7, 11) is 0. The Bertz CT molecular complexity index is 568. The van der Waals surface area contributed by atoms with Crippen LogP contribution in [0.2, 0.25) is 0 Å². The van der Waals surface area contributed by atoms with Crippen LogP contribution in [0.25, 0.3) is 0 Å². The highest BCUT2D eigenvalue weighted by molar-refractivity contribution is 8.00. The minimum atomic E-state index is -0.325. The Kier molecular flexibility index (Phi) is 4.13. The largest absolute Gasteiger partial charge is 0.454 e. The minimum Gasteiger partial charge on any atom is -0.454 e. The number of hydrogen-bond donors (Lipinski definition) is 4. The van der Waals surface area contributed by atoms with Crippen molar-refractivity contribution in [2.45, 2.75) is 5.50 Å². The summed E-state index contributed by atoms with van der Waals surface area (Å²) in [5.41, 5.74) is 5.93. The molecule has 1 saturated heterocycles. The van der Waals surface area contributed by atoms with Gasteiger partial charge in [0.25, 0.3) is 0 Å². The smallest absolute Gasteiger partial charge is 0.237 e. The summed E-state index contributed by atoms with van der Waals surface area (Å²) in [6.45, 7) is 0.420. The molecular weight excluding hydrogens is 296 g/mol. The highest BCUT2D eigenvalue weighted by Gasteiger charge is 2.19. The SMILES string of the molecule is O=C(CSC1NNCC(=O)N1)Nc1ccc2c(c1)OCO2. The Morgan fingerprint density at radius 3 is 3.10 bits per heavy atom. The van der Waals surface area contributed by atoms with Crippen molar-refractivity contribution < 1.29 is 19.1 Å². The Morgan fingerprint density at radius 1 is 1.38 bits per heavy atom. The fourth-order valence-electron chi connectivity index (χ4n) is 1.87. The molecule has 3 rings (SSSR count). The molecule has 112 valence electrons. The molecule has 8 nitrogen and oxygen atoms in total. The molecule has 0 radical (unpaired) electrons. The minimum absolute atomic E-state index is 0.109. The van der Waals surface area contributed by atoms with Crippen molar-refractivity contribution in [3.8, 4) is 11.5 Å². The summed E-state index contributed by atoms with van der Waals surface area (Å²) in [4.78, 5) is 23.0. The lowest BCUT2D eigenvalue weighted by Crippen LogP contribution is -2.58. The first kappa shape index (κ1) is 14.0. The van der Waals surface area contributed by atoms with Crippen LogP contribution in [0, 0.1) is 0 Å². The van der Waals surface area contributed by atoms with E-state index in [1.165, 1.54) is 11.8 Å². The number of hydrazine groups is 1. The van der Waals surface area contributed by atoms with Gasteiger partial charge in [-0.05, 0) is 12.1 Å². The molecule has 2 aliphatic rings.